The number of methoxy groups -OCH3 is 2. The van der Waals surface area contributed by atoms with Gasteiger partial charge in [0.1, 0.15) is 21.0 Å². The molecule has 11 nitrogen and oxygen atoms in total. The van der Waals surface area contributed by atoms with Crippen LogP contribution in [0.2, 0.25) is 5.02 Å². The summed E-state index contributed by atoms with van der Waals surface area (Å²) in [5.74, 6) is 0.906. The topological polar surface area (TPSA) is 132 Å². The van der Waals surface area contributed by atoms with E-state index in [1.54, 1.807) is 18.2 Å². The maximum atomic E-state index is 14.2. The molecule has 17 heteroatoms. The van der Waals surface area contributed by atoms with Crippen molar-refractivity contribution in [1.29, 1.82) is 5.26 Å². The van der Waals surface area contributed by atoms with Crippen LogP contribution in [0.4, 0.5) is 8.78 Å². The van der Waals surface area contributed by atoms with E-state index in [2.05, 4.69) is 37.2 Å². The van der Waals surface area contributed by atoms with E-state index in [9.17, 15) is 22.5 Å². The molecule has 4 heterocycles. The molecule has 0 radical (unpaired) electrons. The van der Waals surface area contributed by atoms with Crippen molar-refractivity contribution in [2.45, 2.75) is 23.4 Å². The molecule has 3 aromatic heterocycles. The average Bonchev–Trinajstić information content (AvgIpc) is 3.53. The fourth-order valence-electron chi connectivity index (χ4n) is 4.10. The predicted octanol–water partition coefficient (Wildman–Crippen LogP) is 4.71. The first-order valence-electron chi connectivity index (χ1n) is 11.3. The van der Waals surface area contributed by atoms with Gasteiger partial charge in [0.15, 0.2) is 21.4 Å². The molecular weight excluding hydrogens is 658 g/mol. The molecule has 0 spiro atoms. The Kier molecular flexibility index (Phi) is 7.72. The van der Waals surface area contributed by atoms with Gasteiger partial charge in [-0.05, 0) is 28.1 Å². The average molecular weight is 676 g/mol. The van der Waals surface area contributed by atoms with Crippen LogP contribution in [-0.4, -0.2) is 65.3 Å². The summed E-state index contributed by atoms with van der Waals surface area (Å²) in [4.78, 5) is 4.04. The zero-order valence-electron chi connectivity index (χ0n) is 20.6. The zero-order chi connectivity index (χ0) is 28.8. The summed E-state index contributed by atoms with van der Waals surface area (Å²) >= 11 is 10.4. The maximum absolute atomic E-state index is 14.2. The molecule has 40 heavy (non-hydrogen) atoms. The predicted molar refractivity (Wildman–Crippen MR) is 143 cm³/mol. The number of imidazole rings is 1. The van der Waals surface area contributed by atoms with Crippen LogP contribution in [0.25, 0.3) is 16.3 Å². The third kappa shape index (κ3) is 4.80. The lowest BCUT2D eigenvalue weighted by atomic mass is 9.99. The molecule has 0 N–H and O–H groups in total. The molecule has 0 aliphatic carbocycles. The number of hydrogen-bond acceptors (Lipinski definition) is 10. The molecule has 0 atom stereocenters. The standard InChI is InChI=1S/C23H18BrClF2N6O5S2/c1-36-13-4-3-12(16(5-13)37-2)7-33(23(9-28)10-38-11-23)40(34,35)14-6-15(25)17-18(24)29-20(32(17)8-14)22-31-30-21(39-22)19(26)27/h3-6,8,19H,7,10-11H2,1-2H3. The van der Waals surface area contributed by atoms with Crippen molar-refractivity contribution >= 4 is 54.4 Å². The third-order valence-corrected chi connectivity index (χ3v) is 9.85. The summed E-state index contributed by atoms with van der Waals surface area (Å²) in [5, 5.41) is 16.9. The van der Waals surface area contributed by atoms with Crippen molar-refractivity contribution in [3.63, 3.8) is 0 Å². The van der Waals surface area contributed by atoms with E-state index in [-0.39, 0.29) is 50.6 Å². The van der Waals surface area contributed by atoms with Gasteiger partial charge in [0, 0.05) is 24.4 Å². The molecular formula is C23H18BrClF2N6O5S2. The minimum absolute atomic E-state index is 0.00291. The van der Waals surface area contributed by atoms with Crippen molar-refractivity contribution in [3.8, 4) is 28.4 Å². The van der Waals surface area contributed by atoms with Gasteiger partial charge >= 0.3 is 0 Å². The van der Waals surface area contributed by atoms with Crippen molar-refractivity contribution in [3.05, 3.63) is 50.7 Å². The smallest absolute Gasteiger partial charge is 0.291 e. The Morgan fingerprint density at radius 1 is 1.30 bits per heavy atom. The number of nitrogens with zero attached hydrogens (tertiary/aromatic N) is 6. The summed E-state index contributed by atoms with van der Waals surface area (Å²) in [6, 6.07) is 8.21. The number of benzene rings is 1. The van der Waals surface area contributed by atoms with Gasteiger partial charge in [-0.25, -0.2) is 22.2 Å². The van der Waals surface area contributed by atoms with Gasteiger partial charge < -0.3 is 14.2 Å². The Bertz CT molecular complexity index is 1760. The van der Waals surface area contributed by atoms with Crippen LogP contribution in [0.15, 0.2) is 40.0 Å². The molecule has 0 bridgehead atoms. The number of ether oxygens (including phenoxy) is 3. The lowest BCUT2D eigenvalue weighted by molar-refractivity contribution is -0.0811. The van der Waals surface area contributed by atoms with E-state index >= 15 is 0 Å². The summed E-state index contributed by atoms with van der Waals surface area (Å²) in [6.07, 6.45) is -1.59. The highest BCUT2D eigenvalue weighted by Crippen LogP contribution is 2.39. The van der Waals surface area contributed by atoms with E-state index < -0.39 is 27.0 Å². The van der Waals surface area contributed by atoms with Crippen LogP contribution >= 0.6 is 38.9 Å². The van der Waals surface area contributed by atoms with Crippen molar-refractivity contribution in [1.82, 2.24) is 23.9 Å². The first kappa shape index (κ1) is 28.6. The Morgan fingerprint density at radius 3 is 2.62 bits per heavy atom. The quantitative estimate of drug-likeness (QED) is 0.248. The van der Waals surface area contributed by atoms with E-state index in [4.69, 9.17) is 25.8 Å². The highest BCUT2D eigenvalue weighted by Gasteiger charge is 2.51. The normalized spacial score (nSPS) is 14.9. The van der Waals surface area contributed by atoms with Gasteiger partial charge in [-0.2, -0.15) is 9.57 Å². The molecule has 0 amide bonds. The number of alkyl halides is 2. The van der Waals surface area contributed by atoms with Crippen molar-refractivity contribution < 1.29 is 31.4 Å². The number of rotatable bonds is 9. The number of halogens is 4. The molecule has 5 rings (SSSR count). The molecule has 1 aromatic carbocycles. The molecule has 0 unspecified atom stereocenters. The van der Waals surface area contributed by atoms with E-state index in [1.165, 1.54) is 30.9 Å². The maximum Gasteiger partial charge on any atom is 0.291 e. The van der Waals surface area contributed by atoms with Gasteiger partial charge in [-0.15, -0.1) is 10.2 Å². The lowest BCUT2D eigenvalue weighted by Gasteiger charge is -2.43. The van der Waals surface area contributed by atoms with Gasteiger partial charge in [0.25, 0.3) is 6.43 Å². The Balaban J connectivity index is 1.66. The molecule has 210 valence electrons. The van der Waals surface area contributed by atoms with Crippen LogP contribution < -0.4 is 9.47 Å². The number of pyridine rings is 1. The third-order valence-electron chi connectivity index (χ3n) is 6.20. The molecule has 1 aliphatic heterocycles. The SMILES string of the molecule is COc1ccc(CN(C2(C#N)COC2)S(=O)(=O)c2cc(Cl)c3c(Br)nc(-c4nnc(C(F)F)s4)n3c2)c(OC)c1. The summed E-state index contributed by atoms with van der Waals surface area (Å²) in [6.45, 7) is -0.544. The van der Waals surface area contributed by atoms with Gasteiger partial charge in [0.2, 0.25) is 10.0 Å². The molecule has 0 saturated carbocycles. The minimum atomic E-state index is -4.44. The fourth-order valence-corrected chi connectivity index (χ4v) is 7.51. The Morgan fingerprint density at radius 2 is 2.05 bits per heavy atom. The lowest BCUT2D eigenvalue weighted by Crippen LogP contribution is -2.62. The second-order valence-electron chi connectivity index (χ2n) is 8.54. The zero-order valence-corrected chi connectivity index (χ0v) is 24.6. The van der Waals surface area contributed by atoms with Crippen LogP contribution in [0.1, 0.15) is 17.0 Å². The molecule has 4 aromatic rings. The first-order chi connectivity index (χ1) is 19.0. The van der Waals surface area contributed by atoms with Crippen LogP contribution in [0.5, 0.6) is 11.5 Å². The largest absolute Gasteiger partial charge is 0.497 e. The van der Waals surface area contributed by atoms with Gasteiger partial charge in [-0.3, -0.25) is 4.40 Å². The van der Waals surface area contributed by atoms with E-state index in [0.29, 0.717) is 28.4 Å². The second-order valence-corrected chi connectivity index (χ2v) is 12.6. The van der Waals surface area contributed by atoms with Crippen LogP contribution in [-0.2, 0) is 21.3 Å². The highest BCUT2D eigenvalue weighted by molar-refractivity contribution is 9.10. The minimum Gasteiger partial charge on any atom is -0.497 e. The first-order valence-corrected chi connectivity index (χ1v) is 14.7. The van der Waals surface area contributed by atoms with Crippen molar-refractivity contribution in [2.24, 2.45) is 0 Å². The summed E-state index contributed by atoms with van der Waals surface area (Å²) in [7, 11) is -1.52. The number of aromatic nitrogens is 4. The van der Waals surface area contributed by atoms with Gasteiger partial charge in [-0.1, -0.05) is 29.0 Å². The number of fused-ring (bicyclic) bond motifs is 1. The van der Waals surface area contributed by atoms with E-state index in [0.717, 1.165) is 4.31 Å². The number of sulfonamides is 1. The van der Waals surface area contributed by atoms with Gasteiger partial charge in [0.05, 0.1) is 44.0 Å². The molecule has 1 saturated heterocycles. The number of hydrogen-bond donors (Lipinski definition) is 0. The van der Waals surface area contributed by atoms with Crippen molar-refractivity contribution in [2.75, 3.05) is 27.4 Å². The molecule has 1 fully saturated rings. The Hall–Kier alpha value is -2.94. The monoisotopic (exact) mass is 674 g/mol. The van der Waals surface area contributed by atoms with Crippen LogP contribution in [0, 0.1) is 11.3 Å². The second kappa shape index (κ2) is 10.8. The van der Waals surface area contributed by atoms with Crippen LogP contribution in [0.3, 0.4) is 0 Å². The summed E-state index contributed by atoms with van der Waals surface area (Å²) < 4.78 is 73.3. The summed E-state index contributed by atoms with van der Waals surface area (Å²) in [5.41, 5.74) is -0.746. The fraction of sp³-hybridized carbons (Fsp3) is 0.304. The molecule has 1 aliphatic rings. The highest BCUT2D eigenvalue weighted by atomic mass is 79.9. The number of nitriles is 1. The van der Waals surface area contributed by atoms with E-state index in [1.807, 2.05) is 0 Å². The Labute approximate surface area is 244 Å².